The van der Waals surface area contributed by atoms with E-state index in [9.17, 15) is 41.9 Å². The Morgan fingerprint density at radius 1 is 1.00 bits per heavy atom. The smallest absolute Gasteiger partial charge is 0.478 e. The summed E-state index contributed by atoms with van der Waals surface area (Å²) in [7, 11) is 0. The molecular weight excluding hydrogens is 545 g/mol. The molecule has 0 bridgehead atoms. The van der Waals surface area contributed by atoms with Gasteiger partial charge >= 0.3 is 18.1 Å². The molecule has 0 aromatic heterocycles. The molecule has 0 saturated carbocycles. The number of carbonyl (C=O) groups excluding carboxylic acids is 5. The highest BCUT2D eigenvalue weighted by Crippen LogP contribution is 2.32. The number of nitrogens with zero attached hydrogens (tertiary/aromatic N) is 1. The second-order valence-corrected chi connectivity index (χ2v) is 8.27. The summed E-state index contributed by atoms with van der Waals surface area (Å²) in [6.45, 7) is -0.270. The minimum atomic E-state index is -5.08. The molecule has 4 rings (SSSR count). The molecule has 2 aliphatic rings. The first-order valence-electron chi connectivity index (χ1n) is 11.2. The van der Waals surface area contributed by atoms with Crippen molar-refractivity contribution in [2.24, 2.45) is 0 Å². The number of aliphatic carboxylic acids is 1. The van der Waals surface area contributed by atoms with E-state index in [1.165, 1.54) is 42.5 Å². The molecule has 0 spiro atoms. The lowest BCUT2D eigenvalue weighted by molar-refractivity contribution is -0.192. The van der Waals surface area contributed by atoms with E-state index in [0.29, 0.717) is 0 Å². The fraction of sp³-hybridized carbons (Fsp3) is 0.208. The molecule has 0 radical (unpaired) electrons. The molecule has 1 fully saturated rings. The Hall–Kier alpha value is -5.28. The van der Waals surface area contributed by atoms with Crippen molar-refractivity contribution in [2.75, 3.05) is 17.2 Å². The molecule has 2 aromatic rings. The summed E-state index contributed by atoms with van der Waals surface area (Å²) in [5, 5.41) is 23.7. The van der Waals surface area contributed by atoms with Crippen LogP contribution >= 0.6 is 0 Å². The van der Waals surface area contributed by atoms with E-state index in [0.717, 1.165) is 4.90 Å². The molecule has 16 heteroatoms. The number of hydrogen-bond donors (Lipinski definition) is 5. The predicted molar refractivity (Wildman–Crippen MR) is 127 cm³/mol. The van der Waals surface area contributed by atoms with Gasteiger partial charge in [0.1, 0.15) is 6.04 Å². The molecule has 2 aliphatic heterocycles. The van der Waals surface area contributed by atoms with Gasteiger partial charge in [-0.15, -0.1) is 0 Å². The average molecular weight is 564 g/mol. The highest BCUT2D eigenvalue weighted by molar-refractivity contribution is 6.25. The predicted octanol–water partition coefficient (Wildman–Crippen LogP) is 1.47. The van der Waals surface area contributed by atoms with Gasteiger partial charge in [0.15, 0.2) is 0 Å². The van der Waals surface area contributed by atoms with Crippen LogP contribution in [0.3, 0.4) is 0 Å². The number of fused-ring (bicyclic) bond motifs is 1. The number of rotatable bonds is 6. The third-order valence-corrected chi connectivity index (χ3v) is 5.54. The standard InChI is InChI=1S/C22H18N4O7.C2HF3O2/c27-16-8-7-15(19(29)25-16)26-20(30)13-5-2-6-14(18(13)21(26)31)23-10-17(28)24-12-4-1-3-11(9-12)22(32)33;3-2(4,5)1(6)7/h1-6,9,15,23H,7-8,10H2,(H,24,28)(H,32,33)(H,25,27,29);(H,6,7). The number of aromatic carboxylic acids is 1. The molecule has 40 heavy (non-hydrogen) atoms. The molecule has 1 atom stereocenters. The van der Waals surface area contributed by atoms with Gasteiger partial charge in [-0.2, -0.15) is 13.2 Å². The third kappa shape index (κ3) is 6.58. The number of piperidine rings is 1. The largest absolute Gasteiger partial charge is 0.490 e. The normalized spacial score (nSPS) is 16.4. The summed E-state index contributed by atoms with van der Waals surface area (Å²) in [5.74, 6) is -6.91. The van der Waals surface area contributed by atoms with Crippen LogP contribution < -0.4 is 16.0 Å². The van der Waals surface area contributed by atoms with Gasteiger partial charge in [-0.05, 0) is 36.8 Å². The first kappa shape index (κ1) is 29.3. The van der Waals surface area contributed by atoms with Crippen LogP contribution in [-0.4, -0.2) is 75.4 Å². The number of halogens is 3. The number of carboxylic acids is 2. The molecule has 2 aromatic carbocycles. The van der Waals surface area contributed by atoms with Crippen molar-refractivity contribution < 1.29 is 56.9 Å². The number of benzene rings is 2. The second kappa shape index (κ2) is 11.6. The fourth-order valence-electron chi connectivity index (χ4n) is 3.77. The maximum atomic E-state index is 13.0. The lowest BCUT2D eigenvalue weighted by atomic mass is 10.0. The van der Waals surface area contributed by atoms with E-state index in [2.05, 4.69) is 16.0 Å². The summed E-state index contributed by atoms with van der Waals surface area (Å²) in [6.07, 6.45) is -5.03. The van der Waals surface area contributed by atoms with Crippen LogP contribution in [0.1, 0.15) is 43.9 Å². The minimum absolute atomic E-state index is 0.0121. The number of nitrogens with one attached hydrogen (secondary N) is 3. The van der Waals surface area contributed by atoms with Crippen molar-refractivity contribution in [3.05, 3.63) is 59.2 Å². The second-order valence-electron chi connectivity index (χ2n) is 8.27. The number of hydrogen-bond acceptors (Lipinski definition) is 8. The van der Waals surface area contributed by atoms with E-state index in [1.807, 2.05) is 0 Å². The molecule has 1 saturated heterocycles. The Labute approximate surface area is 221 Å². The number of anilines is 2. The summed E-state index contributed by atoms with van der Waals surface area (Å²) < 4.78 is 31.7. The first-order chi connectivity index (χ1) is 18.7. The molecule has 13 nitrogen and oxygen atoms in total. The van der Waals surface area contributed by atoms with Crippen molar-refractivity contribution in [3.8, 4) is 0 Å². The van der Waals surface area contributed by atoms with Crippen LogP contribution in [0.5, 0.6) is 0 Å². The molecule has 2 heterocycles. The topological polar surface area (TPSA) is 199 Å². The molecule has 1 unspecified atom stereocenters. The van der Waals surface area contributed by atoms with Crippen LogP contribution in [0, 0.1) is 0 Å². The summed E-state index contributed by atoms with van der Waals surface area (Å²) in [4.78, 5) is 82.6. The van der Waals surface area contributed by atoms with Crippen LogP contribution in [0.15, 0.2) is 42.5 Å². The fourth-order valence-corrected chi connectivity index (χ4v) is 3.77. The van der Waals surface area contributed by atoms with Crippen LogP contribution in [-0.2, 0) is 19.2 Å². The molecule has 0 aliphatic carbocycles. The lowest BCUT2D eigenvalue weighted by Crippen LogP contribution is -2.54. The van der Waals surface area contributed by atoms with Crippen LogP contribution in [0.4, 0.5) is 24.5 Å². The van der Waals surface area contributed by atoms with E-state index in [1.54, 1.807) is 0 Å². The highest BCUT2D eigenvalue weighted by Gasteiger charge is 2.45. The maximum Gasteiger partial charge on any atom is 0.490 e. The van der Waals surface area contributed by atoms with Gasteiger partial charge in [-0.3, -0.25) is 34.2 Å². The van der Waals surface area contributed by atoms with Crippen molar-refractivity contribution in [1.82, 2.24) is 10.2 Å². The van der Waals surface area contributed by atoms with Crippen LogP contribution in [0.2, 0.25) is 0 Å². The Kier molecular flexibility index (Phi) is 8.51. The Balaban J connectivity index is 0.000000559. The summed E-state index contributed by atoms with van der Waals surface area (Å²) in [5.41, 5.74) is 0.654. The number of alkyl halides is 3. The zero-order chi connectivity index (χ0) is 29.8. The Bertz CT molecular complexity index is 1420. The molecule has 5 amide bonds. The quantitative estimate of drug-likeness (QED) is 0.320. The van der Waals surface area contributed by atoms with Gasteiger partial charge < -0.3 is 20.8 Å². The van der Waals surface area contributed by atoms with Gasteiger partial charge in [0.05, 0.1) is 23.2 Å². The van der Waals surface area contributed by atoms with Gasteiger partial charge in [-0.1, -0.05) is 12.1 Å². The van der Waals surface area contributed by atoms with E-state index >= 15 is 0 Å². The SMILES string of the molecule is O=C(O)C(F)(F)F.O=C1CCC(N2C(=O)c3cccc(NCC(=O)Nc4cccc(C(=O)O)c4)c3C2=O)C(=O)N1. The summed E-state index contributed by atoms with van der Waals surface area (Å²) >= 11 is 0. The van der Waals surface area contributed by atoms with E-state index in [4.69, 9.17) is 15.0 Å². The zero-order valence-electron chi connectivity index (χ0n) is 20.1. The average Bonchev–Trinajstić information content (AvgIpc) is 3.13. The highest BCUT2D eigenvalue weighted by atomic mass is 19.4. The zero-order valence-corrected chi connectivity index (χ0v) is 20.1. The van der Waals surface area contributed by atoms with E-state index < -0.39 is 53.7 Å². The molecule has 210 valence electrons. The minimum Gasteiger partial charge on any atom is -0.478 e. The van der Waals surface area contributed by atoms with Gasteiger partial charge in [-0.25, -0.2) is 9.59 Å². The van der Waals surface area contributed by atoms with Crippen molar-refractivity contribution in [1.29, 1.82) is 0 Å². The number of carbonyl (C=O) groups is 7. The molecule has 5 N–H and O–H groups in total. The monoisotopic (exact) mass is 564 g/mol. The van der Waals surface area contributed by atoms with Crippen molar-refractivity contribution in [3.63, 3.8) is 0 Å². The number of amides is 5. The van der Waals surface area contributed by atoms with Gasteiger partial charge in [0.25, 0.3) is 11.8 Å². The van der Waals surface area contributed by atoms with Crippen LogP contribution in [0.25, 0.3) is 0 Å². The Morgan fingerprint density at radius 3 is 2.25 bits per heavy atom. The van der Waals surface area contributed by atoms with Gasteiger partial charge in [0, 0.05) is 17.8 Å². The van der Waals surface area contributed by atoms with Gasteiger partial charge in [0.2, 0.25) is 17.7 Å². The van der Waals surface area contributed by atoms with Crippen molar-refractivity contribution >= 4 is 52.8 Å². The molecular formula is C24H19F3N4O9. The van der Waals surface area contributed by atoms with E-state index in [-0.39, 0.29) is 47.5 Å². The lowest BCUT2D eigenvalue weighted by Gasteiger charge is -2.27. The maximum absolute atomic E-state index is 13.0. The summed E-state index contributed by atoms with van der Waals surface area (Å²) in [6, 6.07) is 9.14. The van der Waals surface area contributed by atoms with Crippen molar-refractivity contribution in [2.45, 2.75) is 25.1 Å². The third-order valence-electron chi connectivity index (χ3n) is 5.54. The Morgan fingerprint density at radius 2 is 1.65 bits per heavy atom. The number of imide groups is 2. The number of carboxylic acid groups (broad SMARTS) is 2. The first-order valence-corrected chi connectivity index (χ1v) is 11.2.